The standard InChI is InChI=1S/C16H21NO4/c1-11-5-6-12(2)14(8-11)21-10-15(18)17-7-3-4-13(17)9-16(19)20/h5-6,8,13H,3-4,7,9-10H2,1-2H3,(H,19,20). The van der Waals surface area contributed by atoms with Crippen molar-refractivity contribution < 1.29 is 19.4 Å². The Balaban J connectivity index is 1.95. The molecule has 0 bridgehead atoms. The molecule has 114 valence electrons. The lowest BCUT2D eigenvalue weighted by Gasteiger charge is -2.23. The number of likely N-dealkylation sites (tertiary alicyclic amines) is 1. The van der Waals surface area contributed by atoms with Gasteiger partial charge in [0.2, 0.25) is 0 Å². The fourth-order valence-electron chi connectivity index (χ4n) is 2.66. The molecule has 1 aromatic carbocycles. The number of carbonyl (C=O) groups excluding carboxylic acids is 1. The number of benzene rings is 1. The molecule has 5 nitrogen and oxygen atoms in total. The maximum Gasteiger partial charge on any atom is 0.305 e. The van der Waals surface area contributed by atoms with Crippen LogP contribution in [-0.2, 0) is 9.59 Å². The van der Waals surface area contributed by atoms with Gasteiger partial charge in [0, 0.05) is 12.6 Å². The van der Waals surface area contributed by atoms with E-state index in [2.05, 4.69) is 0 Å². The Bertz CT molecular complexity index is 541. The van der Waals surface area contributed by atoms with Gasteiger partial charge >= 0.3 is 5.97 Å². The molecule has 0 aliphatic carbocycles. The first-order chi connectivity index (χ1) is 9.97. The number of carbonyl (C=O) groups is 2. The minimum Gasteiger partial charge on any atom is -0.483 e. The monoisotopic (exact) mass is 291 g/mol. The van der Waals surface area contributed by atoms with E-state index in [1.54, 1.807) is 4.90 Å². The molecule has 0 saturated carbocycles. The highest BCUT2D eigenvalue weighted by molar-refractivity contribution is 5.79. The average Bonchev–Trinajstić information content (AvgIpc) is 2.86. The lowest BCUT2D eigenvalue weighted by Crippen LogP contribution is -2.39. The van der Waals surface area contributed by atoms with E-state index >= 15 is 0 Å². The fraction of sp³-hybridized carbons (Fsp3) is 0.500. The van der Waals surface area contributed by atoms with Gasteiger partial charge in [0.25, 0.3) is 5.91 Å². The molecule has 1 aliphatic rings. The summed E-state index contributed by atoms with van der Waals surface area (Å²) < 4.78 is 5.61. The van der Waals surface area contributed by atoms with Crippen molar-refractivity contribution in [3.63, 3.8) is 0 Å². The number of carboxylic acid groups (broad SMARTS) is 1. The van der Waals surface area contributed by atoms with Gasteiger partial charge in [-0.1, -0.05) is 12.1 Å². The minimum atomic E-state index is -0.866. The summed E-state index contributed by atoms with van der Waals surface area (Å²) in [5.41, 5.74) is 2.06. The summed E-state index contributed by atoms with van der Waals surface area (Å²) in [6, 6.07) is 5.66. The average molecular weight is 291 g/mol. The molecule has 1 aliphatic heterocycles. The summed E-state index contributed by atoms with van der Waals surface area (Å²) >= 11 is 0. The summed E-state index contributed by atoms with van der Waals surface area (Å²) in [6.07, 6.45) is 1.61. The van der Waals surface area contributed by atoms with Crippen molar-refractivity contribution in [2.75, 3.05) is 13.2 Å². The van der Waals surface area contributed by atoms with E-state index in [9.17, 15) is 9.59 Å². The summed E-state index contributed by atoms with van der Waals surface area (Å²) in [7, 11) is 0. The van der Waals surface area contributed by atoms with E-state index in [1.165, 1.54) is 0 Å². The number of rotatable bonds is 5. The van der Waals surface area contributed by atoms with Gasteiger partial charge in [0.15, 0.2) is 6.61 Å². The number of carboxylic acids is 1. The second-order valence-corrected chi connectivity index (χ2v) is 5.54. The van der Waals surface area contributed by atoms with Crippen LogP contribution in [0.2, 0.25) is 0 Å². The van der Waals surface area contributed by atoms with Gasteiger partial charge in [-0.25, -0.2) is 0 Å². The molecule has 21 heavy (non-hydrogen) atoms. The van der Waals surface area contributed by atoms with Crippen LogP contribution in [0, 0.1) is 13.8 Å². The van der Waals surface area contributed by atoms with Crippen LogP contribution in [-0.4, -0.2) is 41.1 Å². The molecule has 1 N–H and O–H groups in total. The second-order valence-electron chi connectivity index (χ2n) is 5.54. The molecule has 0 aromatic heterocycles. The van der Waals surface area contributed by atoms with Crippen LogP contribution < -0.4 is 4.74 Å². The smallest absolute Gasteiger partial charge is 0.305 e. The third-order valence-electron chi connectivity index (χ3n) is 3.80. The van der Waals surface area contributed by atoms with E-state index in [-0.39, 0.29) is 25.0 Å². The van der Waals surface area contributed by atoms with Crippen LogP contribution in [0.15, 0.2) is 18.2 Å². The first kappa shape index (κ1) is 15.4. The Kier molecular flexibility index (Phi) is 4.83. The van der Waals surface area contributed by atoms with Crippen LogP contribution in [0.4, 0.5) is 0 Å². The Morgan fingerprint density at radius 2 is 2.14 bits per heavy atom. The molecular formula is C16H21NO4. The fourth-order valence-corrected chi connectivity index (χ4v) is 2.66. The van der Waals surface area contributed by atoms with Gasteiger partial charge < -0.3 is 14.7 Å². The van der Waals surface area contributed by atoms with E-state index in [0.29, 0.717) is 12.3 Å². The van der Waals surface area contributed by atoms with Crippen LogP contribution in [0.5, 0.6) is 5.75 Å². The topological polar surface area (TPSA) is 66.8 Å². The van der Waals surface area contributed by atoms with E-state index < -0.39 is 5.97 Å². The summed E-state index contributed by atoms with van der Waals surface area (Å²) in [5, 5.41) is 8.88. The van der Waals surface area contributed by atoms with Gasteiger partial charge in [0.05, 0.1) is 6.42 Å². The lowest BCUT2D eigenvalue weighted by atomic mass is 10.1. The highest BCUT2D eigenvalue weighted by atomic mass is 16.5. The zero-order chi connectivity index (χ0) is 15.4. The second kappa shape index (κ2) is 6.61. The van der Waals surface area contributed by atoms with Crippen molar-refractivity contribution in [2.45, 2.75) is 39.2 Å². The molecule has 5 heteroatoms. The molecule has 1 amide bonds. The van der Waals surface area contributed by atoms with Crippen molar-refractivity contribution in [2.24, 2.45) is 0 Å². The van der Waals surface area contributed by atoms with Gasteiger partial charge in [-0.2, -0.15) is 0 Å². The highest BCUT2D eigenvalue weighted by Gasteiger charge is 2.30. The zero-order valence-electron chi connectivity index (χ0n) is 12.5. The summed E-state index contributed by atoms with van der Waals surface area (Å²) in [4.78, 5) is 24.7. The number of nitrogens with zero attached hydrogens (tertiary/aromatic N) is 1. The molecule has 1 aromatic rings. The largest absolute Gasteiger partial charge is 0.483 e. The van der Waals surface area contributed by atoms with Gasteiger partial charge in [-0.05, 0) is 43.9 Å². The third-order valence-corrected chi connectivity index (χ3v) is 3.80. The van der Waals surface area contributed by atoms with Gasteiger partial charge in [-0.15, -0.1) is 0 Å². The third kappa shape index (κ3) is 3.97. The number of aliphatic carboxylic acids is 1. The van der Waals surface area contributed by atoms with Crippen molar-refractivity contribution >= 4 is 11.9 Å². The molecular weight excluding hydrogens is 270 g/mol. The van der Waals surface area contributed by atoms with Crippen molar-refractivity contribution in [1.82, 2.24) is 4.90 Å². The van der Waals surface area contributed by atoms with Crippen LogP contribution in [0.3, 0.4) is 0 Å². The molecule has 2 rings (SSSR count). The van der Waals surface area contributed by atoms with Crippen molar-refractivity contribution in [1.29, 1.82) is 0 Å². The maximum atomic E-state index is 12.2. The molecule has 1 fully saturated rings. The molecule has 1 unspecified atom stereocenters. The number of hydrogen-bond acceptors (Lipinski definition) is 3. The van der Waals surface area contributed by atoms with E-state index in [0.717, 1.165) is 24.0 Å². The number of aryl methyl sites for hydroxylation is 2. The predicted molar refractivity (Wildman–Crippen MR) is 78.4 cm³/mol. The lowest BCUT2D eigenvalue weighted by molar-refractivity contribution is -0.140. The number of amides is 1. The Morgan fingerprint density at radius 1 is 1.38 bits per heavy atom. The van der Waals surface area contributed by atoms with Gasteiger partial charge in [-0.3, -0.25) is 9.59 Å². The van der Waals surface area contributed by atoms with Crippen LogP contribution >= 0.6 is 0 Å². The minimum absolute atomic E-state index is 0.00914. The first-order valence-corrected chi connectivity index (χ1v) is 7.18. The molecule has 1 atom stereocenters. The van der Waals surface area contributed by atoms with E-state index in [1.807, 2.05) is 32.0 Å². The quantitative estimate of drug-likeness (QED) is 0.902. The summed E-state index contributed by atoms with van der Waals surface area (Å²) in [5.74, 6) is -0.299. The number of ether oxygens (including phenoxy) is 1. The zero-order valence-corrected chi connectivity index (χ0v) is 12.5. The Hall–Kier alpha value is -2.04. The maximum absolute atomic E-state index is 12.2. The van der Waals surface area contributed by atoms with Crippen molar-refractivity contribution in [3.05, 3.63) is 29.3 Å². The van der Waals surface area contributed by atoms with Crippen LogP contribution in [0.25, 0.3) is 0 Å². The number of hydrogen-bond donors (Lipinski definition) is 1. The normalized spacial score (nSPS) is 17.8. The van der Waals surface area contributed by atoms with Crippen molar-refractivity contribution in [3.8, 4) is 5.75 Å². The SMILES string of the molecule is Cc1ccc(C)c(OCC(=O)N2CCCC2CC(=O)O)c1. The van der Waals surface area contributed by atoms with Crippen LogP contribution in [0.1, 0.15) is 30.4 Å². The molecule has 0 radical (unpaired) electrons. The van der Waals surface area contributed by atoms with E-state index in [4.69, 9.17) is 9.84 Å². The molecule has 0 spiro atoms. The Morgan fingerprint density at radius 3 is 2.86 bits per heavy atom. The Labute approximate surface area is 124 Å². The van der Waals surface area contributed by atoms with Gasteiger partial charge in [0.1, 0.15) is 5.75 Å². The summed E-state index contributed by atoms with van der Waals surface area (Å²) in [6.45, 7) is 4.48. The molecule has 1 heterocycles. The molecule has 1 saturated heterocycles. The first-order valence-electron chi connectivity index (χ1n) is 7.18. The predicted octanol–water partition coefficient (Wildman–Crippen LogP) is 2.15. The highest BCUT2D eigenvalue weighted by Crippen LogP contribution is 2.22.